The Morgan fingerprint density at radius 3 is 2.58 bits per heavy atom. The third-order valence-corrected chi connectivity index (χ3v) is 5.58. The minimum atomic E-state index is -0.378. The third-order valence-electron chi connectivity index (χ3n) is 4.71. The number of nitrogens with one attached hydrogen (secondary N) is 1. The van der Waals surface area contributed by atoms with Crippen molar-refractivity contribution in [3.63, 3.8) is 0 Å². The van der Waals surface area contributed by atoms with Crippen LogP contribution < -0.4 is 5.32 Å². The fourth-order valence-electron chi connectivity index (χ4n) is 3.33. The van der Waals surface area contributed by atoms with E-state index in [0.717, 1.165) is 18.7 Å². The van der Waals surface area contributed by atoms with Gasteiger partial charge in [-0.05, 0) is 71.2 Å². The molecule has 1 aliphatic heterocycles. The van der Waals surface area contributed by atoms with Crippen LogP contribution in [0, 0.1) is 5.82 Å². The van der Waals surface area contributed by atoms with Crippen molar-refractivity contribution < 1.29 is 9.18 Å². The van der Waals surface area contributed by atoms with Crippen LogP contribution in [0.3, 0.4) is 0 Å². The second-order valence-electron chi connectivity index (χ2n) is 6.50. The Morgan fingerprint density at radius 1 is 1.19 bits per heavy atom. The summed E-state index contributed by atoms with van der Waals surface area (Å²) in [5.41, 5.74) is 1.52. The van der Waals surface area contributed by atoms with Gasteiger partial charge < -0.3 is 5.32 Å². The number of amides is 1. The topological polar surface area (TPSA) is 32.3 Å². The maximum atomic E-state index is 14.1. The first-order chi connectivity index (χ1) is 12.5. The Bertz CT molecular complexity index is 763. The summed E-state index contributed by atoms with van der Waals surface area (Å²) in [5.74, 6) is -0.559. The summed E-state index contributed by atoms with van der Waals surface area (Å²) < 4.78 is 14.4. The molecule has 3 rings (SSSR count). The van der Waals surface area contributed by atoms with Gasteiger partial charge in [-0.2, -0.15) is 0 Å². The molecule has 0 aliphatic carbocycles. The van der Waals surface area contributed by atoms with Gasteiger partial charge in [-0.3, -0.25) is 9.69 Å². The summed E-state index contributed by atoms with van der Waals surface area (Å²) in [5, 5.41) is 3.67. The number of nitrogens with zero attached hydrogens (tertiary/aromatic N) is 1. The van der Waals surface area contributed by atoms with E-state index < -0.39 is 0 Å². The van der Waals surface area contributed by atoms with Gasteiger partial charge in [0, 0.05) is 11.6 Å². The molecule has 1 unspecified atom stereocenters. The zero-order valence-corrected chi connectivity index (χ0v) is 16.7. The van der Waals surface area contributed by atoms with E-state index in [1.807, 2.05) is 24.3 Å². The van der Waals surface area contributed by atoms with Crippen LogP contribution in [0.4, 0.5) is 4.39 Å². The first kappa shape index (κ1) is 19.3. The van der Waals surface area contributed by atoms with Gasteiger partial charge in [0.15, 0.2) is 0 Å². The molecule has 0 radical (unpaired) electrons. The Kier molecular flexibility index (Phi) is 6.68. The van der Waals surface area contributed by atoms with E-state index >= 15 is 0 Å². The zero-order valence-electron chi connectivity index (χ0n) is 14.4. The van der Waals surface area contributed by atoms with E-state index in [1.165, 1.54) is 12.8 Å². The van der Waals surface area contributed by atoms with E-state index in [2.05, 4.69) is 26.1 Å². The van der Waals surface area contributed by atoms with Gasteiger partial charge in [-0.1, -0.05) is 35.9 Å². The fourth-order valence-corrected chi connectivity index (χ4v) is 3.86. The van der Waals surface area contributed by atoms with Gasteiger partial charge in [0.1, 0.15) is 5.82 Å². The number of carbonyl (C=O) groups is 1. The number of hydrogen-bond acceptors (Lipinski definition) is 2. The second-order valence-corrected chi connectivity index (χ2v) is 7.79. The van der Waals surface area contributed by atoms with E-state index in [1.54, 1.807) is 18.2 Å². The number of hydrogen-bond donors (Lipinski definition) is 1. The summed E-state index contributed by atoms with van der Waals surface area (Å²) in [6.45, 7) is 2.53. The first-order valence-electron chi connectivity index (χ1n) is 8.73. The molecule has 26 heavy (non-hydrogen) atoms. The van der Waals surface area contributed by atoms with Gasteiger partial charge in [0.25, 0.3) is 0 Å². The average Bonchev–Trinajstić information content (AvgIpc) is 3.15. The van der Waals surface area contributed by atoms with Gasteiger partial charge in [0.05, 0.1) is 16.9 Å². The maximum absolute atomic E-state index is 14.1. The van der Waals surface area contributed by atoms with Crippen molar-refractivity contribution in [3.05, 3.63) is 68.9 Å². The molecule has 1 amide bonds. The summed E-state index contributed by atoms with van der Waals surface area (Å²) >= 11 is 9.15. The number of rotatable bonds is 6. The molecule has 1 saturated heterocycles. The molecule has 1 atom stereocenters. The molecule has 2 aromatic rings. The van der Waals surface area contributed by atoms with Crippen molar-refractivity contribution >= 4 is 33.4 Å². The average molecular weight is 440 g/mol. The van der Waals surface area contributed by atoms with Crippen LogP contribution in [-0.2, 0) is 11.2 Å². The SMILES string of the molecule is O=C(Cc1cccc(Br)c1F)NCC(c1ccc(Cl)cc1)N1CCCC1. The third kappa shape index (κ3) is 4.84. The van der Waals surface area contributed by atoms with Gasteiger partial charge in [-0.15, -0.1) is 0 Å². The quantitative estimate of drug-likeness (QED) is 0.705. The van der Waals surface area contributed by atoms with Crippen molar-refractivity contribution in [1.82, 2.24) is 10.2 Å². The van der Waals surface area contributed by atoms with E-state index in [4.69, 9.17) is 11.6 Å². The van der Waals surface area contributed by atoms with Crippen LogP contribution in [0.2, 0.25) is 5.02 Å². The Hall–Kier alpha value is -1.43. The molecule has 1 N–H and O–H groups in total. The van der Waals surface area contributed by atoms with Crippen LogP contribution in [0.1, 0.15) is 30.0 Å². The largest absolute Gasteiger partial charge is 0.354 e. The predicted octanol–water partition coefficient (Wildman–Crippen LogP) is 4.74. The molecule has 1 fully saturated rings. The Morgan fingerprint density at radius 2 is 1.88 bits per heavy atom. The Labute approximate surface area is 166 Å². The minimum Gasteiger partial charge on any atom is -0.354 e. The first-order valence-corrected chi connectivity index (χ1v) is 9.91. The standard InChI is InChI=1S/C20H21BrClFN2O/c21-17-5-3-4-15(20(17)23)12-19(26)24-13-18(25-10-1-2-11-25)14-6-8-16(22)9-7-14/h3-9,18H,1-2,10-13H2,(H,24,26). The lowest BCUT2D eigenvalue weighted by Crippen LogP contribution is -2.37. The van der Waals surface area contributed by atoms with E-state index in [0.29, 0.717) is 21.6 Å². The monoisotopic (exact) mass is 438 g/mol. The lowest BCUT2D eigenvalue weighted by atomic mass is 10.1. The normalized spacial score (nSPS) is 15.8. The maximum Gasteiger partial charge on any atom is 0.224 e. The molecule has 0 saturated carbocycles. The van der Waals surface area contributed by atoms with Gasteiger partial charge >= 0.3 is 0 Å². The lowest BCUT2D eigenvalue weighted by molar-refractivity contribution is -0.120. The minimum absolute atomic E-state index is 0.0264. The molecule has 3 nitrogen and oxygen atoms in total. The fraction of sp³-hybridized carbons (Fsp3) is 0.350. The van der Waals surface area contributed by atoms with Crippen molar-refractivity contribution in [2.24, 2.45) is 0 Å². The molecular formula is C20H21BrClFN2O. The van der Waals surface area contributed by atoms with Crippen LogP contribution in [0.5, 0.6) is 0 Å². The molecule has 1 aliphatic rings. The summed E-state index contributed by atoms with van der Waals surface area (Å²) in [6.07, 6.45) is 2.36. The molecule has 6 heteroatoms. The summed E-state index contributed by atoms with van der Waals surface area (Å²) in [7, 11) is 0. The van der Waals surface area contributed by atoms with Crippen molar-refractivity contribution in [1.29, 1.82) is 0 Å². The molecule has 1 heterocycles. The van der Waals surface area contributed by atoms with E-state index in [9.17, 15) is 9.18 Å². The van der Waals surface area contributed by atoms with Gasteiger partial charge in [0.2, 0.25) is 5.91 Å². The zero-order chi connectivity index (χ0) is 18.5. The van der Waals surface area contributed by atoms with Crippen molar-refractivity contribution in [3.8, 4) is 0 Å². The smallest absolute Gasteiger partial charge is 0.224 e. The van der Waals surface area contributed by atoms with Crippen LogP contribution in [-0.4, -0.2) is 30.4 Å². The highest BCUT2D eigenvalue weighted by Gasteiger charge is 2.24. The highest BCUT2D eigenvalue weighted by Crippen LogP contribution is 2.26. The number of halogens is 3. The molecule has 0 aromatic heterocycles. The summed E-state index contributed by atoms with van der Waals surface area (Å²) in [4.78, 5) is 14.7. The highest BCUT2D eigenvalue weighted by atomic mass is 79.9. The predicted molar refractivity (Wildman–Crippen MR) is 106 cm³/mol. The van der Waals surface area contributed by atoms with Crippen LogP contribution >= 0.6 is 27.5 Å². The molecule has 0 spiro atoms. The summed E-state index contributed by atoms with van der Waals surface area (Å²) in [6, 6.07) is 12.9. The second kappa shape index (κ2) is 8.98. The Balaban J connectivity index is 1.66. The van der Waals surface area contributed by atoms with E-state index in [-0.39, 0.29) is 24.2 Å². The highest BCUT2D eigenvalue weighted by molar-refractivity contribution is 9.10. The van der Waals surface area contributed by atoms with Crippen molar-refractivity contribution in [2.75, 3.05) is 19.6 Å². The van der Waals surface area contributed by atoms with Crippen LogP contribution in [0.15, 0.2) is 46.9 Å². The molecule has 138 valence electrons. The lowest BCUT2D eigenvalue weighted by Gasteiger charge is -2.28. The van der Waals surface area contributed by atoms with Gasteiger partial charge in [-0.25, -0.2) is 4.39 Å². The molecule has 2 aromatic carbocycles. The number of likely N-dealkylation sites (tertiary alicyclic amines) is 1. The number of benzene rings is 2. The van der Waals surface area contributed by atoms with Crippen LogP contribution in [0.25, 0.3) is 0 Å². The van der Waals surface area contributed by atoms with Crippen molar-refractivity contribution in [2.45, 2.75) is 25.3 Å². The molecule has 0 bridgehead atoms. The number of carbonyl (C=O) groups excluding carboxylic acids is 1. The molecular weight excluding hydrogens is 419 g/mol.